The van der Waals surface area contributed by atoms with Crippen molar-refractivity contribution in [3.63, 3.8) is 0 Å². The second-order valence-electron chi connectivity index (χ2n) is 5.72. The molecule has 1 aromatic heterocycles. The van der Waals surface area contributed by atoms with Gasteiger partial charge in [0.1, 0.15) is 11.6 Å². The number of anilines is 1. The third-order valence-corrected chi connectivity index (χ3v) is 5.18. The van der Waals surface area contributed by atoms with Gasteiger partial charge in [-0.2, -0.15) is 5.10 Å². The molecule has 1 saturated heterocycles. The molecule has 2 aromatic rings. The van der Waals surface area contributed by atoms with Gasteiger partial charge in [0.15, 0.2) is 0 Å². The third kappa shape index (κ3) is 4.09. The van der Waals surface area contributed by atoms with Gasteiger partial charge in [-0.05, 0) is 30.9 Å². The summed E-state index contributed by atoms with van der Waals surface area (Å²) in [5, 5.41) is 4.12. The first-order valence-corrected chi connectivity index (χ1v) is 9.00. The minimum Gasteiger partial charge on any atom is -0.381 e. The van der Waals surface area contributed by atoms with Crippen molar-refractivity contribution < 1.29 is 21.9 Å². The summed E-state index contributed by atoms with van der Waals surface area (Å²) in [4.78, 5) is -0.475. The van der Waals surface area contributed by atoms with E-state index in [-0.39, 0.29) is 5.69 Å². The van der Waals surface area contributed by atoms with Crippen LogP contribution in [0.4, 0.5) is 14.5 Å². The highest BCUT2D eigenvalue weighted by molar-refractivity contribution is 7.92. The van der Waals surface area contributed by atoms with Crippen LogP contribution in [-0.4, -0.2) is 31.4 Å². The highest BCUT2D eigenvalue weighted by Gasteiger charge is 2.19. The van der Waals surface area contributed by atoms with Crippen LogP contribution in [0.5, 0.6) is 0 Å². The molecule has 1 fully saturated rings. The quantitative estimate of drug-likeness (QED) is 0.892. The normalized spacial score (nSPS) is 16.2. The van der Waals surface area contributed by atoms with Crippen molar-refractivity contribution in [1.82, 2.24) is 9.78 Å². The summed E-state index contributed by atoms with van der Waals surface area (Å²) in [6.07, 6.45) is 4.79. The summed E-state index contributed by atoms with van der Waals surface area (Å²) in [7, 11) is -4.08. The average molecular weight is 357 g/mol. The number of rotatable bonds is 5. The molecule has 0 radical (unpaired) electrons. The van der Waals surface area contributed by atoms with Crippen LogP contribution in [-0.2, 0) is 21.3 Å². The van der Waals surface area contributed by atoms with E-state index in [0.717, 1.165) is 38.2 Å². The molecule has 2 heterocycles. The van der Waals surface area contributed by atoms with Gasteiger partial charge in [-0.3, -0.25) is 9.40 Å². The van der Waals surface area contributed by atoms with Gasteiger partial charge in [0.05, 0.1) is 16.8 Å². The molecule has 0 unspecified atom stereocenters. The zero-order valence-corrected chi connectivity index (χ0v) is 13.6. The van der Waals surface area contributed by atoms with E-state index >= 15 is 0 Å². The van der Waals surface area contributed by atoms with E-state index in [0.29, 0.717) is 18.5 Å². The Labute approximate surface area is 138 Å². The van der Waals surface area contributed by atoms with Gasteiger partial charge in [0, 0.05) is 32.0 Å². The lowest BCUT2D eigenvalue weighted by molar-refractivity contribution is 0.0601. The summed E-state index contributed by atoms with van der Waals surface area (Å²) in [5.41, 5.74) is 0.242. The molecular weight excluding hydrogens is 340 g/mol. The smallest absolute Gasteiger partial charge is 0.262 e. The third-order valence-electron chi connectivity index (χ3n) is 3.82. The van der Waals surface area contributed by atoms with Crippen molar-refractivity contribution in [2.45, 2.75) is 24.3 Å². The van der Waals surface area contributed by atoms with Crippen molar-refractivity contribution in [2.75, 3.05) is 17.9 Å². The molecule has 1 aliphatic rings. The van der Waals surface area contributed by atoms with Crippen LogP contribution in [0.25, 0.3) is 0 Å². The summed E-state index contributed by atoms with van der Waals surface area (Å²) in [6, 6.07) is 2.14. The van der Waals surface area contributed by atoms with Crippen molar-refractivity contribution in [1.29, 1.82) is 0 Å². The van der Waals surface area contributed by atoms with E-state index in [1.807, 2.05) is 0 Å². The monoisotopic (exact) mass is 357 g/mol. The molecular formula is C15H17F2N3O3S. The van der Waals surface area contributed by atoms with Gasteiger partial charge >= 0.3 is 0 Å². The largest absolute Gasteiger partial charge is 0.381 e. The second kappa shape index (κ2) is 6.86. The van der Waals surface area contributed by atoms with Crippen molar-refractivity contribution >= 4 is 15.7 Å². The lowest BCUT2D eigenvalue weighted by Crippen LogP contribution is -2.20. The van der Waals surface area contributed by atoms with Gasteiger partial charge in [0.2, 0.25) is 0 Å². The Kier molecular flexibility index (Phi) is 4.81. The molecule has 1 aromatic carbocycles. The zero-order chi connectivity index (χ0) is 17.2. The lowest BCUT2D eigenvalue weighted by atomic mass is 10.0. The Hall–Kier alpha value is -2.00. The number of benzene rings is 1. The van der Waals surface area contributed by atoms with Crippen LogP contribution >= 0.6 is 0 Å². The molecule has 0 aliphatic carbocycles. The molecule has 1 N–H and O–H groups in total. The molecule has 6 nitrogen and oxygen atoms in total. The van der Waals surface area contributed by atoms with Gasteiger partial charge < -0.3 is 4.74 Å². The van der Waals surface area contributed by atoms with E-state index < -0.39 is 26.6 Å². The molecule has 0 bridgehead atoms. The van der Waals surface area contributed by atoms with E-state index in [4.69, 9.17) is 4.74 Å². The van der Waals surface area contributed by atoms with E-state index in [2.05, 4.69) is 9.82 Å². The lowest BCUT2D eigenvalue weighted by Gasteiger charge is -2.21. The van der Waals surface area contributed by atoms with Gasteiger partial charge in [-0.1, -0.05) is 0 Å². The first-order valence-electron chi connectivity index (χ1n) is 7.51. The van der Waals surface area contributed by atoms with Crippen molar-refractivity contribution in [3.8, 4) is 0 Å². The standard InChI is InChI=1S/C15H17F2N3O3S/c16-12-5-13(17)7-15(6-12)24(21,22)19-14-8-18-20(10-14)9-11-1-3-23-4-2-11/h5-8,10-11,19H,1-4,9H2. The highest BCUT2D eigenvalue weighted by Crippen LogP contribution is 2.20. The van der Waals surface area contributed by atoms with Crippen LogP contribution in [0.15, 0.2) is 35.5 Å². The molecule has 0 atom stereocenters. The number of ether oxygens (including phenoxy) is 1. The van der Waals surface area contributed by atoms with Crippen LogP contribution in [0.2, 0.25) is 0 Å². The number of nitrogens with zero attached hydrogens (tertiary/aromatic N) is 2. The average Bonchev–Trinajstić information content (AvgIpc) is 2.93. The topological polar surface area (TPSA) is 73.2 Å². The molecule has 9 heteroatoms. The fraction of sp³-hybridized carbons (Fsp3) is 0.400. The van der Waals surface area contributed by atoms with E-state index in [1.54, 1.807) is 10.9 Å². The number of hydrogen-bond donors (Lipinski definition) is 1. The summed E-state index contributed by atoms with van der Waals surface area (Å²) < 4.78 is 60.0. The summed E-state index contributed by atoms with van der Waals surface area (Å²) in [6.45, 7) is 2.10. The number of sulfonamides is 1. The molecule has 1 aliphatic heterocycles. The van der Waals surface area contributed by atoms with Crippen LogP contribution in [0, 0.1) is 17.6 Å². The predicted octanol–water partition coefficient (Wildman–Crippen LogP) is 2.39. The molecule has 24 heavy (non-hydrogen) atoms. The SMILES string of the molecule is O=S(=O)(Nc1cnn(CC2CCOCC2)c1)c1cc(F)cc(F)c1. The predicted molar refractivity (Wildman–Crippen MR) is 82.9 cm³/mol. The van der Waals surface area contributed by atoms with Crippen LogP contribution in [0.3, 0.4) is 0 Å². The zero-order valence-electron chi connectivity index (χ0n) is 12.8. The number of hydrogen-bond acceptors (Lipinski definition) is 4. The molecule has 0 saturated carbocycles. The van der Waals surface area contributed by atoms with Crippen molar-refractivity contribution in [3.05, 3.63) is 42.2 Å². The minimum atomic E-state index is -4.08. The fourth-order valence-corrected chi connectivity index (χ4v) is 3.68. The Morgan fingerprint density at radius 2 is 1.88 bits per heavy atom. The Morgan fingerprint density at radius 1 is 1.21 bits per heavy atom. The molecule has 130 valence electrons. The van der Waals surface area contributed by atoms with Gasteiger partial charge in [-0.25, -0.2) is 17.2 Å². The minimum absolute atomic E-state index is 0.242. The van der Waals surface area contributed by atoms with Gasteiger partial charge in [0.25, 0.3) is 10.0 Å². The molecule has 0 amide bonds. The maximum Gasteiger partial charge on any atom is 0.262 e. The second-order valence-corrected chi connectivity index (χ2v) is 7.40. The Morgan fingerprint density at radius 3 is 2.54 bits per heavy atom. The molecule has 3 rings (SSSR count). The Bertz CT molecular complexity index is 797. The first-order chi connectivity index (χ1) is 11.4. The summed E-state index contributed by atoms with van der Waals surface area (Å²) >= 11 is 0. The maximum atomic E-state index is 13.2. The Balaban J connectivity index is 1.71. The highest BCUT2D eigenvalue weighted by atomic mass is 32.2. The maximum absolute atomic E-state index is 13.2. The van der Waals surface area contributed by atoms with Gasteiger partial charge in [-0.15, -0.1) is 0 Å². The van der Waals surface area contributed by atoms with Crippen LogP contribution < -0.4 is 4.72 Å². The number of nitrogens with one attached hydrogen (secondary N) is 1. The van der Waals surface area contributed by atoms with E-state index in [9.17, 15) is 17.2 Å². The van der Waals surface area contributed by atoms with Crippen molar-refractivity contribution in [2.24, 2.45) is 5.92 Å². The molecule has 0 spiro atoms. The summed E-state index contributed by atoms with van der Waals surface area (Å²) in [5.74, 6) is -1.48. The number of halogens is 2. The van der Waals surface area contributed by atoms with Crippen LogP contribution in [0.1, 0.15) is 12.8 Å². The number of aromatic nitrogens is 2. The van der Waals surface area contributed by atoms with E-state index in [1.165, 1.54) is 6.20 Å². The first kappa shape index (κ1) is 16.8. The fourth-order valence-electron chi connectivity index (χ4n) is 2.61.